The molecule has 19 heavy (non-hydrogen) atoms. The van der Waals surface area contributed by atoms with Gasteiger partial charge in [0, 0.05) is 17.7 Å². The summed E-state index contributed by atoms with van der Waals surface area (Å²) in [6, 6.07) is 6.58. The van der Waals surface area contributed by atoms with Crippen molar-refractivity contribution >= 4 is 23.4 Å². The summed E-state index contributed by atoms with van der Waals surface area (Å²) in [5.41, 5.74) is 0.957. The van der Waals surface area contributed by atoms with E-state index in [0.29, 0.717) is 5.02 Å². The maximum Gasteiger partial charge on any atom is 0.123 e. The van der Waals surface area contributed by atoms with Crippen LogP contribution in [0.15, 0.2) is 35.4 Å². The molecule has 0 saturated heterocycles. The molecule has 0 amide bonds. The lowest BCUT2D eigenvalue weighted by Crippen LogP contribution is -2.22. The number of nitrogens with one attached hydrogen (secondary N) is 1. The maximum atomic E-state index is 12.8. The smallest absolute Gasteiger partial charge is 0.123 e. The number of aromatic nitrogens is 2. The summed E-state index contributed by atoms with van der Waals surface area (Å²) in [5, 5.41) is 8.02. The minimum atomic E-state index is -0.218. The molecule has 6 heteroatoms. The van der Waals surface area contributed by atoms with Crippen molar-refractivity contribution in [3.05, 3.63) is 47.0 Å². The molecule has 1 atom stereocenters. The van der Waals surface area contributed by atoms with Crippen LogP contribution in [0, 0.1) is 5.82 Å². The lowest BCUT2D eigenvalue weighted by atomic mass is 10.2. The van der Waals surface area contributed by atoms with Crippen molar-refractivity contribution in [1.29, 1.82) is 0 Å². The molecule has 1 N–H and O–H groups in total. The van der Waals surface area contributed by atoms with Gasteiger partial charge in [0.15, 0.2) is 0 Å². The van der Waals surface area contributed by atoms with Crippen LogP contribution in [0.5, 0.6) is 0 Å². The lowest BCUT2D eigenvalue weighted by Gasteiger charge is -2.16. The molecule has 0 fully saturated rings. The van der Waals surface area contributed by atoms with Crippen LogP contribution in [0.3, 0.4) is 0 Å². The molecule has 1 unspecified atom stereocenters. The molecule has 1 aromatic heterocycles. The second kappa shape index (κ2) is 6.41. The number of thioether (sulfide) groups is 1. The summed E-state index contributed by atoms with van der Waals surface area (Å²) in [6.45, 7) is 0. The molecule has 0 aliphatic rings. The van der Waals surface area contributed by atoms with E-state index in [1.54, 1.807) is 34.8 Å². The van der Waals surface area contributed by atoms with Gasteiger partial charge in [0.1, 0.15) is 5.82 Å². The molecule has 2 rings (SSSR count). The average molecular weight is 300 g/mol. The minimum Gasteiger partial charge on any atom is -0.311 e. The zero-order valence-electron chi connectivity index (χ0n) is 10.7. The van der Waals surface area contributed by atoms with Crippen LogP contribution in [0.2, 0.25) is 5.02 Å². The number of nitrogens with zero attached hydrogens (tertiary/aromatic N) is 2. The second-order valence-electron chi connectivity index (χ2n) is 4.11. The number of halogens is 2. The van der Waals surface area contributed by atoms with E-state index >= 15 is 0 Å². The molecule has 1 heterocycles. The van der Waals surface area contributed by atoms with Crippen molar-refractivity contribution in [2.24, 2.45) is 7.05 Å². The minimum absolute atomic E-state index is 0.0926. The topological polar surface area (TPSA) is 29.9 Å². The van der Waals surface area contributed by atoms with Crippen LogP contribution in [-0.2, 0) is 7.05 Å². The van der Waals surface area contributed by atoms with Crippen LogP contribution >= 0.6 is 23.4 Å². The van der Waals surface area contributed by atoms with Gasteiger partial charge in [0.2, 0.25) is 0 Å². The molecule has 2 aromatic rings. The molecule has 0 aliphatic carbocycles. The third kappa shape index (κ3) is 3.49. The molecule has 0 aliphatic heterocycles. The average Bonchev–Trinajstić information content (AvgIpc) is 2.73. The highest BCUT2D eigenvalue weighted by molar-refractivity contribution is 7.99. The molecule has 102 valence electrons. The number of benzene rings is 1. The van der Waals surface area contributed by atoms with Crippen molar-refractivity contribution in [3.8, 4) is 0 Å². The van der Waals surface area contributed by atoms with Gasteiger partial charge < -0.3 is 5.32 Å². The van der Waals surface area contributed by atoms with Gasteiger partial charge in [-0.2, -0.15) is 5.10 Å². The van der Waals surface area contributed by atoms with Crippen molar-refractivity contribution in [2.45, 2.75) is 10.9 Å². The Kier molecular flexibility index (Phi) is 4.85. The van der Waals surface area contributed by atoms with Gasteiger partial charge in [-0.1, -0.05) is 11.6 Å². The number of aryl methyl sites for hydroxylation is 1. The third-order valence-electron chi connectivity index (χ3n) is 2.85. The molecule has 0 bridgehead atoms. The lowest BCUT2D eigenvalue weighted by molar-refractivity contribution is 0.586. The van der Waals surface area contributed by atoms with Crippen LogP contribution in [0.1, 0.15) is 11.7 Å². The van der Waals surface area contributed by atoms with E-state index in [-0.39, 0.29) is 11.9 Å². The first-order chi connectivity index (χ1) is 9.11. The first kappa shape index (κ1) is 14.4. The maximum absolute atomic E-state index is 12.8. The molecular formula is C13H15ClFN3S. The highest BCUT2D eigenvalue weighted by Gasteiger charge is 2.17. The molecule has 3 nitrogen and oxygen atoms in total. The Morgan fingerprint density at radius 3 is 2.63 bits per heavy atom. The van der Waals surface area contributed by atoms with Crippen LogP contribution < -0.4 is 5.32 Å². The number of hydrogen-bond acceptors (Lipinski definition) is 3. The van der Waals surface area contributed by atoms with E-state index in [4.69, 9.17) is 11.6 Å². The third-order valence-corrected chi connectivity index (χ3v) is 4.24. The Labute approximate surface area is 121 Å². The van der Waals surface area contributed by atoms with Gasteiger partial charge >= 0.3 is 0 Å². The standard InChI is InChI=1S/C13H15ClFN3S/c1-16-12(13-11(14)7-17-18(13)2)8-19-10-5-3-9(15)4-6-10/h3-7,12,16H,8H2,1-2H3. The summed E-state index contributed by atoms with van der Waals surface area (Å²) >= 11 is 7.79. The van der Waals surface area contributed by atoms with Gasteiger partial charge in [-0.15, -0.1) is 11.8 Å². The summed E-state index contributed by atoms with van der Waals surface area (Å²) in [5.74, 6) is 0.575. The van der Waals surface area contributed by atoms with E-state index in [0.717, 1.165) is 16.3 Å². The molecule has 0 saturated carbocycles. The molecule has 0 radical (unpaired) electrons. The zero-order valence-corrected chi connectivity index (χ0v) is 12.3. The van der Waals surface area contributed by atoms with Crippen molar-refractivity contribution < 1.29 is 4.39 Å². The largest absolute Gasteiger partial charge is 0.311 e. The predicted octanol–water partition coefficient (Wildman–Crippen LogP) is 3.27. The second-order valence-corrected chi connectivity index (χ2v) is 5.61. The SMILES string of the molecule is CNC(CSc1ccc(F)cc1)c1c(Cl)cnn1C. The highest BCUT2D eigenvalue weighted by atomic mass is 35.5. The normalized spacial score (nSPS) is 12.6. The predicted molar refractivity (Wildman–Crippen MR) is 77.1 cm³/mol. The van der Waals surface area contributed by atoms with Crippen LogP contribution in [0.25, 0.3) is 0 Å². The van der Waals surface area contributed by atoms with E-state index in [1.807, 2.05) is 14.1 Å². The summed E-state index contributed by atoms with van der Waals surface area (Å²) in [6.07, 6.45) is 1.64. The summed E-state index contributed by atoms with van der Waals surface area (Å²) < 4.78 is 14.6. The molecule has 0 spiro atoms. The quantitative estimate of drug-likeness (QED) is 0.860. The van der Waals surface area contributed by atoms with E-state index in [2.05, 4.69) is 10.4 Å². The van der Waals surface area contributed by atoms with Crippen LogP contribution in [0.4, 0.5) is 4.39 Å². The van der Waals surface area contributed by atoms with E-state index < -0.39 is 0 Å². The van der Waals surface area contributed by atoms with Crippen molar-refractivity contribution in [1.82, 2.24) is 15.1 Å². The number of hydrogen-bond donors (Lipinski definition) is 1. The fraction of sp³-hybridized carbons (Fsp3) is 0.308. The Hall–Kier alpha value is -1.04. The van der Waals surface area contributed by atoms with Gasteiger partial charge in [0.25, 0.3) is 0 Å². The van der Waals surface area contributed by atoms with Crippen LogP contribution in [-0.4, -0.2) is 22.6 Å². The zero-order chi connectivity index (χ0) is 13.8. The van der Waals surface area contributed by atoms with Crippen molar-refractivity contribution in [3.63, 3.8) is 0 Å². The first-order valence-electron chi connectivity index (χ1n) is 5.85. The molecular weight excluding hydrogens is 285 g/mol. The highest BCUT2D eigenvalue weighted by Crippen LogP contribution is 2.28. The van der Waals surface area contributed by atoms with Crippen molar-refractivity contribution in [2.75, 3.05) is 12.8 Å². The Balaban J connectivity index is 2.06. The Morgan fingerprint density at radius 2 is 2.11 bits per heavy atom. The van der Waals surface area contributed by atoms with Gasteiger partial charge in [-0.25, -0.2) is 4.39 Å². The van der Waals surface area contributed by atoms with E-state index in [9.17, 15) is 4.39 Å². The van der Waals surface area contributed by atoms with E-state index in [1.165, 1.54) is 12.1 Å². The number of rotatable bonds is 5. The Bertz CT molecular complexity index is 522. The first-order valence-corrected chi connectivity index (χ1v) is 7.21. The molecule has 1 aromatic carbocycles. The fourth-order valence-electron chi connectivity index (χ4n) is 1.82. The van der Waals surface area contributed by atoms with Gasteiger partial charge in [0.05, 0.1) is 23.0 Å². The van der Waals surface area contributed by atoms with Gasteiger partial charge in [-0.05, 0) is 31.3 Å². The summed E-state index contributed by atoms with van der Waals surface area (Å²) in [7, 11) is 3.76. The monoisotopic (exact) mass is 299 g/mol. The summed E-state index contributed by atoms with van der Waals surface area (Å²) in [4.78, 5) is 1.03. The fourth-order valence-corrected chi connectivity index (χ4v) is 3.13. The van der Waals surface area contributed by atoms with Gasteiger partial charge in [-0.3, -0.25) is 4.68 Å². The Morgan fingerprint density at radius 1 is 1.42 bits per heavy atom.